The van der Waals surface area contributed by atoms with Crippen LogP contribution in [0.5, 0.6) is 0 Å². The molecule has 0 fully saturated rings. The highest BCUT2D eigenvalue weighted by atomic mass is 16.1. The second-order valence-corrected chi connectivity index (χ2v) is 4.10. The summed E-state index contributed by atoms with van der Waals surface area (Å²) in [6.45, 7) is 2.80. The van der Waals surface area contributed by atoms with E-state index in [1.807, 2.05) is 42.2 Å². The lowest BCUT2D eigenvalue weighted by Crippen LogP contribution is -2.34. The predicted molar refractivity (Wildman–Crippen MR) is 73.2 cm³/mol. The Labute approximate surface area is 105 Å². The van der Waals surface area contributed by atoms with Crippen LogP contribution in [0.2, 0.25) is 0 Å². The van der Waals surface area contributed by atoms with Crippen LogP contribution in [0.15, 0.2) is 30.3 Å². The Morgan fingerprint density at radius 1 is 1.33 bits per heavy atom. The smallest absolute Gasteiger partial charge is 0.236 e. The topological polar surface area (TPSA) is 85.2 Å². The van der Waals surface area contributed by atoms with Gasteiger partial charge in [-0.05, 0) is 37.3 Å². The third kappa shape index (κ3) is 2.51. The first-order valence-corrected chi connectivity index (χ1v) is 5.79. The molecule has 0 aliphatic carbocycles. The van der Waals surface area contributed by atoms with Crippen molar-refractivity contribution in [2.24, 2.45) is 5.73 Å². The molecule has 1 aromatic carbocycles. The first-order valence-electron chi connectivity index (χ1n) is 5.79. The van der Waals surface area contributed by atoms with Gasteiger partial charge in [0.15, 0.2) is 0 Å². The van der Waals surface area contributed by atoms with Crippen molar-refractivity contribution in [2.45, 2.75) is 6.92 Å². The molecule has 0 aliphatic heterocycles. The van der Waals surface area contributed by atoms with Crippen molar-refractivity contribution < 1.29 is 4.79 Å². The number of amides is 1. The second kappa shape index (κ2) is 4.91. The third-order valence-corrected chi connectivity index (χ3v) is 2.75. The molecule has 0 unspecified atom stereocenters. The Balaban J connectivity index is 2.39. The average molecular weight is 244 g/mol. The van der Waals surface area contributed by atoms with Gasteiger partial charge in [-0.25, -0.2) is 4.98 Å². The summed E-state index contributed by atoms with van der Waals surface area (Å²) in [6, 6.07) is 9.36. The van der Waals surface area contributed by atoms with Gasteiger partial charge >= 0.3 is 0 Å². The molecule has 0 bridgehead atoms. The fourth-order valence-electron chi connectivity index (χ4n) is 1.85. The zero-order valence-corrected chi connectivity index (χ0v) is 10.3. The molecule has 0 atom stereocenters. The summed E-state index contributed by atoms with van der Waals surface area (Å²) in [5.41, 5.74) is 12.5. The number of nitrogens with two attached hydrogens (primary N) is 2. The van der Waals surface area contributed by atoms with Gasteiger partial charge in [-0.15, -0.1) is 0 Å². The lowest BCUT2D eigenvalue weighted by molar-refractivity contribution is -0.116. The predicted octanol–water partition coefficient (Wildman–Crippen LogP) is 1.13. The van der Waals surface area contributed by atoms with Gasteiger partial charge in [0.1, 0.15) is 5.82 Å². The molecule has 0 spiro atoms. The molecule has 4 N–H and O–H groups in total. The molecule has 1 amide bonds. The number of benzene rings is 1. The summed E-state index contributed by atoms with van der Waals surface area (Å²) < 4.78 is 0. The molecule has 18 heavy (non-hydrogen) atoms. The van der Waals surface area contributed by atoms with E-state index in [1.165, 1.54) is 0 Å². The largest absolute Gasteiger partial charge is 0.399 e. The van der Waals surface area contributed by atoms with Gasteiger partial charge in [0, 0.05) is 17.6 Å². The Morgan fingerprint density at radius 2 is 2.11 bits per heavy atom. The van der Waals surface area contributed by atoms with E-state index in [0.717, 1.165) is 16.7 Å². The first-order chi connectivity index (χ1) is 8.60. The van der Waals surface area contributed by atoms with E-state index >= 15 is 0 Å². The van der Waals surface area contributed by atoms with E-state index < -0.39 is 0 Å². The van der Waals surface area contributed by atoms with Crippen molar-refractivity contribution in [2.75, 3.05) is 23.7 Å². The molecule has 0 aliphatic rings. The van der Waals surface area contributed by atoms with Gasteiger partial charge in [-0.1, -0.05) is 0 Å². The van der Waals surface area contributed by atoms with Gasteiger partial charge < -0.3 is 16.4 Å². The lowest BCUT2D eigenvalue weighted by atomic mass is 10.2. The third-order valence-electron chi connectivity index (χ3n) is 2.75. The molecule has 5 nitrogen and oxygen atoms in total. The first kappa shape index (κ1) is 12.2. The van der Waals surface area contributed by atoms with E-state index in [0.29, 0.717) is 12.2 Å². The van der Waals surface area contributed by atoms with Gasteiger partial charge in [0.25, 0.3) is 0 Å². The molecular formula is C13H16N4O. The van der Waals surface area contributed by atoms with Gasteiger partial charge in [0.2, 0.25) is 5.91 Å². The van der Waals surface area contributed by atoms with Crippen molar-refractivity contribution in [1.82, 2.24) is 4.98 Å². The Kier molecular flexibility index (Phi) is 3.32. The number of rotatable bonds is 4. The molecule has 1 heterocycles. The minimum atomic E-state index is -0.365. The number of hydrogen-bond acceptors (Lipinski definition) is 4. The zero-order valence-electron chi connectivity index (χ0n) is 10.3. The van der Waals surface area contributed by atoms with Gasteiger partial charge in [0.05, 0.1) is 12.1 Å². The summed E-state index contributed by atoms with van der Waals surface area (Å²) in [4.78, 5) is 17.3. The fraction of sp³-hybridized carbons (Fsp3) is 0.231. The minimum Gasteiger partial charge on any atom is -0.399 e. The molecule has 2 aromatic rings. The van der Waals surface area contributed by atoms with Crippen LogP contribution in [0.3, 0.4) is 0 Å². The molecule has 5 heteroatoms. The summed E-state index contributed by atoms with van der Waals surface area (Å²) in [5.74, 6) is 0.379. The van der Waals surface area contributed by atoms with Crippen LogP contribution in [-0.2, 0) is 4.79 Å². The normalized spacial score (nSPS) is 10.5. The quantitative estimate of drug-likeness (QED) is 0.789. The number of nitrogen functional groups attached to an aromatic ring is 1. The number of likely N-dealkylation sites (N-methyl/N-ethyl adjacent to an activating group) is 1. The van der Waals surface area contributed by atoms with E-state index in [2.05, 4.69) is 4.98 Å². The Bertz CT molecular complexity index is 582. The maximum atomic E-state index is 11.0. The molecular weight excluding hydrogens is 228 g/mol. The van der Waals surface area contributed by atoms with Gasteiger partial charge in [-0.3, -0.25) is 4.79 Å². The monoisotopic (exact) mass is 244 g/mol. The fourth-order valence-corrected chi connectivity index (χ4v) is 1.85. The number of nitrogens with zero attached hydrogens (tertiary/aromatic N) is 2. The van der Waals surface area contributed by atoms with Crippen molar-refractivity contribution in [1.29, 1.82) is 0 Å². The Hall–Kier alpha value is -2.30. The highest BCUT2D eigenvalue weighted by Crippen LogP contribution is 2.20. The van der Waals surface area contributed by atoms with Crippen molar-refractivity contribution in [3.8, 4) is 0 Å². The van der Waals surface area contributed by atoms with Crippen LogP contribution in [-0.4, -0.2) is 24.0 Å². The van der Waals surface area contributed by atoms with E-state index in [-0.39, 0.29) is 12.5 Å². The highest BCUT2D eigenvalue weighted by Gasteiger charge is 2.09. The maximum absolute atomic E-state index is 11.0. The number of primary amides is 1. The van der Waals surface area contributed by atoms with Crippen molar-refractivity contribution >= 4 is 28.3 Å². The molecule has 2 rings (SSSR count). The zero-order chi connectivity index (χ0) is 13.1. The van der Waals surface area contributed by atoms with Crippen LogP contribution in [0.1, 0.15) is 6.92 Å². The lowest BCUT2D eigenvalue weighted by Gasteiger charge is -2.20. The standard InChI is InChI=1S/C13H16N4O/c1-2-17(8-12(15)18)13-6-3-9-7-10(14)4-5-11(9)16-13/h3-7H,2,8,14H2,1H3,(H2,15,18). The van der Waals surface area contributed by atoms with Crippen LogP contribution >= 0.6 is 0 Å². The number of aromatic nitrogens is 1. The average Bonchev–Trinajstić information content (AvgIpc) is 2.35. The van der Waals surface area contributed by atoms with E-state index in [1.54, 1.807) is 0 Å². The molecule has 0 radical (unpaired) electrons. The minimum absolute atomic E-state index is 0.171. The number of hydrogen-bond donors (Lipinski definition) is 2. The number of carbonyl (C=O) groups excluding carboxylic acids is 1. The van der Waals surface area contributed by atoms with E-state index in [4.69, 9.17) is 11.5 Å². The van der Waals surface area contributed by atoms with Crippen molar-refractivity contribution in [3.05, 3.63) is 30.3 Å². The summed E-state index contributed by atoms with van der Waals surface area (Å²) in [7, 11) is 0. The van der Waals surface area contributed by atoms with Crippen LogP contribution < -0.4 is 16.4 Å². The second-order valence-electron chi connectivity index (χ2n) is 4.10. The maximum Gasteiger partial charge on any atom is 0.236 e. The SMILES string of the molecule is CCN(CC(N)=O)c1ccc2cc(N)ccc2n1. The summed E-state index contributed by atoms with van der Waals surface area (Å²) in [6.07, 6.45) is 0. The number of pyridine rings is 1. The molecule has 94 valence electrons. The molecule has 0 saturated carbocycles. The number of fused-ring (bicyclic) bond motifs is 1. The summed E-state index contributed by atoms with van der Waals surface area (Å²) in [5, 5.41) is 0.980. The highest BCUT2D eigenvalue weighted by molar-refractivity contribution is 5.84. The van der Waals surface area contributed by atoms with E-state index in [9.17, 15) is 4.79 Å². The summed E-state index contributed by atoms with van der Waals surface area (Å²) >= 11 is 0. The number of carbonyl (C=O) groups is 1. The molecule has 1 aromatic heterocycles. The van der Waals surface area contributed by atoms with Crippen LogP contribution in [0.4, 0.5) is 11.5 Å². The Morgan fingerprint density at radius 3 is 2.78 bits per heavy atom. The molecule has 0 saturated heterocycles. The van der Waals surface area contributed by atoms with Crippen LogP contribution in [0.25, 0.3) is 10.9 Å². The van der Waals surface area contributed by atoms with Crippen LogP contribution in [0, 0.1) is 0 Å². The van der Waals surface area contributed by atoms with Gasteiger partial charge in [-0.2, -0.15) is 0 Å². The van der Waals surface area contributed by atoms with Crippen molar-refractivity contribution in [3.63, 3.8) is 0 Å². The number of anilines is 2.